The number of halogens is 2. The first-order valence-corrected chi connectivity index (χ1v) is 5.46. The molecule has 4 nitrogen and oxygen atoms in total. The number of nitrogens with zero attached hydrogens (tertiary/aromatic N) is 2. The van der Waals surface area contributed by atoms with Crippen LogP contribution in [0.15, 0.2) is 18.5 Å². The van der Waals surface area contributed by atoms with Crippen LogP contribution in [0.1, 0.15) is 0 Å². The van der Waals surface area contributed by atoms with Crippen molar-refractivity contribution < 1.29 is 9.84 Å². The highest BCUT2D eigenvalue weighted by atomic mass is 35.5. The number of rotatable bonds is 4. The van der Waals surface area contributed by atoms with Gasteiger partial charge in [0.1, 0.15) is 6.73 Å². The average Bonchev–Trinajstić information content (AvgIpc) is 2.63. The van der Waals surface area contributed by atoms with Crippen LogP contribution in [-0.4, -0.2) is 27.9 Å². The zero-order chi connectivity index (χ0) is 11.5. The van der Waals surface area contributed by atoms with Crippen molar-refractivity contribution in [1.82, 2.24) is 9.55 Å². The summed E-state index contributed by atoms with van der Waals surface area (Å²) in [7, 11) is 0. The summed E-state index contributed by atoms with van der Waals surface area (Å²) < 4.78 is 7.00. The Morgan fingerprint density at radius 2 is 2.06 bits per heavy atom. The summed E-state index contributed by atoms with van der Waals surface area (Å²) in [5, 5.41) is 9.57. The summed E-state index contributed by atoms with van der Waals surface area (Å²) >= 11 is 11.8. The molecule has 0 saturated carbocycles. The number of aromatic nitrogens is 2. The molecule has 6 heteroatoms. The molecule has 0 fully saturated rings. The molecule has 0 aliphatic carbocycles. The summed E-state index contributed by atoms with van der Waals surface area (Å²) in [4.78, 5) is 4.18. The van der Waals surface area contributed by atoms with E-state index in [1.165, 1.54) is 0 Å². The summed E-state index contributed by atoms with van der Waals surface area (Å²) in [5.74, 6) is 0. The Hall–Kier alpha value is -0.810. The number of hydrogen-bond acceptors (Lipinski definition) is 3. The molecule has 2 rings (SSSR count). The monoisotopic (exact) mass is 260 g/mol. The fourth-order valence-electron chi connectivity index (χ4n) is 1.38. The fraction of sp³-hybridized carbons (Fsp3) is 0.300. The highest BCUT2D eigenvalue weighted by Crippen LogP contribution is 2.27. The van der Waals surface area contributed by atoms with E-state index in [1.54, 1.807) is 23.0 Å². The Kier molecular flexibility index (Phi) is 3.66. The van der Waals surface area contributed by atoms with Gasteiger partial charge in [0.2, 0.25) is 0 Å². The van der Waals surface area contributed by atoms with E-state index in [4.69, 9.17) is 33.0 Å². The van der Waals surface area contributed by atoms with Crippen LogP contribution >= 0.6 is 23.2 Å². The topological polar surface area (TPSA) is 47.3 Å². The maximum atomic E-state index is 8.60. The molecule has 0 atom stereocenters. The third-order valence-electron chi connectivity index (χ3n) is 2.13. The Morgan fingerprint density at radius 1 is 1.31 bits per heavy atom. The Labute approximate surface area is 102 Å². The molecule has 0 saturated heterocycles. The number of benzene rings is 1. The molecule has 1 aromatic carbocycles. The minimum absolute atomic E-state index is 0.000780. The average molecular weight is 261 g/mol. The smallest absolute Gasteiger partial charge is 0.124 e. The van der Waals surface area contributed by atoms with Gasteiger partial charge in [-0.05, 0) is 12.1 Å². The van der Waals surface area contributed by atoms with Crippen LogP contribution < -0.4 is 0 Å². The second-order valence-electron chi connectivity index (χ2n) is 3.23. The number of hydrogen-bond donors (Lipinski definition) is 1. The van der Waals surface area contributed by atoms with E-state index in [2.05, 4.69) is 4.98 Å². The number of aliphatic hydroxyl groups excluding tert-OH is 1. The van der Waals surface area contributed by atoms with E-state index < -0.39 is 0 Å². The molecule has 16 heavy (non-hydrogen) atoms. The van der Waals surface area contributed by atoms with Gasteiger partial charge in [0, 0.05) is 0 Å². The van der Waals surface area contributed by atoms with Gasteiger partial charge in [0.25, 0.3) is 0 Å². The van der Waals surface area contributed by atoms with Crippen molar-refractivity contribution in [3.8, 4) is 0 Å². The summed E-state index contributed by atoms with van der Waals surface area (Å²) in [6.45, 7) is 0.620. The van der Waals surface area contributed by atoms with E-state index in [0.29, 0.717) is 23.4 Å². The lowest BCUT2D eigenvalue weighted by atomic mass is 10.3. The molecular weight excluding hydrogens is 251 g/mol. The van der Waals surface area contributed by atoms with Gasteiger partial charge in [-0.2, -0.15) is 0 Å². The van der Waals surface area contributed by atoms with Gasteiger partial charge >= 0.3 is 0 Å². The summed E-state index contributed by atoms with van der Waals surface area (Å²) in [6, 6.07) is 3.45. The molecule has 2 aromatic rings. The molecule has 0 aliphatic rings. The van der Waals surface area contributed by atoms with Crippen LogP contribution in [0.2, 0.25) is 10.0 Å². The second-order valence-corrected chi connectivity index (χ2v) is 4.04. The molecule has 0 unspecified atom stereocenters. The highest BCUT2D eigenvalue weighted by Gasteiger charge is 2.06. The molecule has 0 amide bonds. The molecule has 1 heterocycles. The molecule has 1 N–H and O–H groups in total. The van der Waals surface area contributed by atoms with Gasteiger partial charge in [-0.25, -0.2) is 4.98 Å². The van der Waals surface area contributed by atoms with Crippen LogP contribution in [0.4, 0.5) is 0 Å². The highest BCUT2D eigenvalue weighted by molar-refractivity contribution is 6.42. The first-order valence-electron chi connectivity index (χ1n) is 4.71. The van der Waals surface area contributed by atoms with Crippen molar-refractivity contribution in [2.45, 2.75) is 6.73 Å². The van der Waals surface area contributed by atoms with Crippen LogP contribution in [0.5, 0.6) is 0 Å². The third kappa shape index (κ3) is 2.30. The van der Waals surface area contributed by atoms with E-state index in [-0.39, 0.29) is 6.61 Å². The summed E-state index contributed by atoms with van der Waals surface area (Å²) in [5.41, 5.74) is 1.62. The predicted molar refractivity (Wildman–Crippen MR) is 62.8 cm³/mol. The zero-order valence-electron chi connectivity index (χ0n) is 8.36. The van der Waals surface area contributed by atoms with Crippen molar-refractivity contribution in [2.75, 3.05) is 13.2 Å². The normalized spacial score (nSPS) is 11.2. The molecular formula is C10H10Cl2N2O2. The van der Waals surface area contributed by atoms with Crippen LogP contribution in [0, 0.1) is 0 Å². The van der Waals surface area contributed by atoms with Gasteiger partial charge in [0.05, 0.1) is 40.6 Å². The first-order chi connectivity index (χ1) is 7.72. The van der Waals surface area contributed by atoms with Gasteiger partial charge in [0.15, 0.2) is 0 Å². The SMILES string of the molecule is OCCOCn1cnc2cc(Cl)c(Cl)cc21. The zero-order valence-corrected chi connectivity index (χ0v) is 9.87. The van der Waals surface area contributed by atoms with E-state index in [9.17, 15) is 0 Å². The van der Waals surface area contributed by atoms with Crippen molar-refractivity contribution in [1.29, 1.82) is 0 Å². The van der Waals surface area contributed by atoms with E-state index in [1.807, 2.05) is 0 Å². The lowest BCUT2D eigenvalue weighted by molar-refractivity contribution is 0.0501. The Balaban J connectivity index is 2.29. The van der Waals surface area contributed by atoms with Crippen molar-refractivity contribution in [2.24, 2.45) is 0 Å². The van der Waals surface area contributed by atoms with Crippen molar-refractivity contribution in [3.63, 3.8) is 0 Å². The van der Waals surface area contributed by atoms with Gasteiger partial charge in [-0.1, -0.05) is 23.2 Å². The number of ether oxygens (including phenoxy) is 1. The molecule has 0 spiro atoms. The minimum Gasteiger partial charge on any atom is -0.394 e. The van der Waals surface area contributed by atoms with Gasteiger partial charge in [-0.15, -0.1) is 0 Å². The predicted octanol–water partition coefficient (Wildman–Crippen LogP) is 2.31. The second kappa shape index (κ2) is 5.01. The quantitative estimate of drug-likeness (QED) is 0.859. The maximum Gasteiger partial charge on any atom is 0.124 e. The molecule has 0 bridgehead atoms. The van der Waals surface area contributed by atoms with Gasteiger partial charge in [-0.3, -0.25) is 0 Å². The molecule has 86 valence electrons. The number of fused-ring (bicyclic) bond motifs is 1. The minimum atomic E-state index is -0.000780. The van der Waals surface area contributed by atoms with E-state index >= 15 is 0 Å². The van der Waals surface area contributed by atoms with E-state index in [0.717, 1.165) is 11.0 Å². The molecule has 0 aliphatic heterocycles. The van der Waals surface area contributed by atoms with Crippen LogP contribution in [0.25, 0.3) is 11.0 Å². The number of aliphatic hydroxyl groups is 1. The van der Waals surface area contributed by atoms with Crippen LogP contribution in [-0.2, 0) is 11.5 Å². The lowest BCUT2D eigenvalue weighted by Crippen LogP contribution is -2.04. The number of imidazole rings is 1. The fourth-order valence-corrected chi connectivity index (χ4v) is 1.70. The Bertz CT molecular complexity index is 499. The van der Waals surface area contributed by atoms with Gasteiger partial charge < -0.3 is 14.4 Å². The largest absolute Gasteiger partial charge is 0.394 e. The van der Waals surface area contributed by atoms with Crippen LogP contribution in [0.3, 0.4) is 0 Å². The Morgan fingerprint density at radius 3 is 2.81 bits per heavy atom. The van der Waals surface area contributed by atoms with Crippen molar-refractivity contribution >= 4 is 34.2 Å². The lowest BCUT2D eigenvalue weighted by Gasteiger charge is -2.05. The molecule has 0 radical (unpaired) electrons. The standard InChI is InChI=1S/C10H10Cl2N2O2/c11-7-3-9-10(4-8(7)12)14(5-13-9)6-16-2-1-15/h3-5,15H,1-2,6H2. The molecule has 1 aromatic heterocycles. The maximum absolute atomic E-state index is 8.60. The summed E-state index contributed by atoms with van der Waals surface area (Å²) in [6.07, 6.45) is 1.65. The third-order valence-corrected chi connectivity index (χ3v) is 2.85. The van der Waals surface area contributed by atoms with Crippen molar-refractivity contribution in [3.05, 3.63) is 28.5 Å². The first kappa shape index (κ1) is 11.7.